The number of primary amides is 1. The van der Waals surface area contributed by atoms with E-state index < -0.39 is 35.6 Å². The SMILES string of the molecule is CCCCCCCCN(C(=O)C(CCC(N)=O)NC(=O)OC(C)(C)C)C(C(=O)Nc1c(C)cccc1C)c1cc(C)ccc1C. The molecule has 2 aromatic carbocycles. The summed E-state index contributed by atoms with van der Waals surface area (Å²) in [6, 6.07) is 9.52. The minimum Gasteiger partial charge on any atom is -0.444 e. The average Bonchev–Trinajstić information content (AvgIpc) is 2.94. The molecule has 0 heterocycles. The first-order valence-corrected chi connectivity index (χ1v) is 16.2. The van der Waals surface area contributed by atoms with Crippen LogP contribution < -0.4 is 16.4 Å². The number of carbonyl (C=O) groups is 4. The summed E-state index contributed by atoms with van der Waals surface area (Å²) >= 11 is 0. The number of hydrogen-bond donors (Lipinski definition) is 3. The molecule has 0 saturated heterocycles. The first kappa shape index (κ1) is 37.3. The summed E-state index contributed by atoms with van der Waals surface area (Å²) in [6.07, 6.45) is 4.98. The third-order valence-corrected chi connectivity index (χ3v) is 7.72. The molecule has 2 unspecified atom stereocenters. The predicted molar refractivity (Wildman–Crippen MR) is 180 cm³/mol. The van der Waals surface area contributed by atoms with Gasteiger partial charge < -0.3 is 26.0 Å². The number of rotatable bonds is 16. The molecule has 248 valence electrons. The Hall–Kier alpha value is -3.88. The molecule has 0 bridgehead atoms. The highest BCUT2D eigenvalue weighted by Gasteiger charge is 2.37. The van der Waals surface area contributed by atoms with Crippen LogP contribution in [0.1, 0.15) is 113 Å². The quantitative estimate of drug-likeness (QED) is 0.174. The lowest BCUT2D eigenvalue weighted by molar-refractivity contribution is -0.141. The fraction of sp³-hybridized carbons (Fsp3) is 0.556. The monoisotopic (exact) mass is 622 g/mol. The lowest BCUT2D eigenvalue weighted by Gasteiger charge is -2.35. The summed E-state index contributed by atoms with van der Waals surface area (Å²) in [5, 5.41) is 5.79. The second-order valence-corrected chi connectivity index (χ2v) is 13.0. The topological polar surface area (TPSA) is 131 Å². The van der Waals surface area contributed by atoms with E-state index in [0.29, 0.717) is 17.7 Å². The summed E-state index contributed by atoms with van der Waals surface area (Å²) < 4.78 is 5.46. The van der Waals surface area contributed by atoms with Gasteiger partial charge in [0.1, 0.15) is 17.7 Å². The van der Waals surface area contributed by atoms with Crippen LogP contribution in [0.25, 0.3) is 0 Å². The van der Waals surface area contributed by atoms with Crippen molar-refractivity contribution in [3.8, 4) is 0 Å². The lowest BCUT2D eigenvalue weighted by Crippen LogP contribution is -2.53. The molecular weight excluding hydrogens is 568 g/mol. The highest BCUT2D eigenvalue weighted by Crippen LogP contribution is 2.30. The highest BCUT2D eigenvalue weighted by atomic mass is 16.6. The van der Waals surface area contributed by atoms with Crippen molar-refractivity contribution in [1.29, 1.82) is 0 Å². The number of ether oxygens (including phenoxy) is 1. The fourth-order valence-electron chi connectivity index (χ4n) is 5.33. The Morgan fingerprint density at radius 3 is 2.11 bits per heavy atom. The van der Waals surface area contributed by atoms with Crippen molar-refractivity contribution in [2.45, 2.75) is 124 Å². The average molecular weight is 623 g/mol. The highest BCUT2D eigenvalue weighted by molar-refractivity contribution is 6.00. The number of carbonyl (C=O) groups excluding carboxylic acids is 4. The minimum atomic E-state index is -1.13. The molecule has 2 rings (SSSR count). The predicted octanol–water partition coefficient (Wildman–Crippen LogP) is 6.95. The maximum atomic E-state index is 14.5. The molecule has 0 aliphatic rings. The molecule has 45 heavy (non-hydrogen) atoms. The zero-order chi connectivity index (χ0) is 33.7. The number of alkyl carbamates (subject to hydrolysis) is 1. The van der Waals surface area contributed by atoms with Crippen molar-refractivity contribution in [3.05, 3.63) is 64.2 Å². The van der Waals surface area contributed by atoms with Crippen LogP contribution in [-0.2, 0) is 19.1 Å². The van der Waals surface area contributed by atoms with Crippen LogP contribution in [0.2, 0.25) is 0 Å². The van der Waals surface area contributed by atoms with Gasteiger partial charge in [0.15, 0.2) is 0 Å². The third kappa shape index (κ3) is 12.2. The molecule has 0 aliphatic heterocycles. The molecule has 0 aliphatic carbocycles. The van der Waals surface area contributed by atoms with Crippen molar-refractivity contribution in [3.63, 3.8) is 0 Å². The van der Waals surface area contributed by atoms with Gasteiger partial charge in [0, 0.05) is 18.7 Å². The number of benzene rings is 2. The first-order chi connectivity index (χ1) is 21.1. The Labute approximate surface area is 269 Å². The number of para-hydroxylation sites is 1. The standard InChI is InChI=1S/C36H54N4O5/c1-9-10-11-12-13-14-22-40(34(43)29(20-21-30(37)41)38-35(44)45-36(6,7)8)32(28-23-24(2)18-19-25(28)3)33(42)39-31-26(4)16-15-17-27(31)5/h15-19,23,29,32H,9-14,20-22H2,1-8H3,(H2,37,41)(H,38,44)(H,39,42). The minimum absolute atomic E-state index is 0.0293. The van der Waals surface area contributed by atoms with Crippen molar-refractivity contribution < 1.29 is 23.9 Å². The van der Waals surface area contributed by atoms with Gasteiger partial charge in [-0.3, -0.25) is 14.4 Å². The zero-order valence-electron chi connectivity index (χ0n) is 28.5. The van der Waals surface area contributed by atoms with Gasteiger partial charge in [-0.1, -0.05) is 81.0 Å². The van der Waals surface area contributed by atoms with E-state index in [-0.39, 0.29) is 25.3 Å². The maximum absolute atomic E-state index is 14.5. The van der Waals surface area contributed by atoms with Gasteiger partial charge in [-0.15, -0.1) is 0 Å². The third-order valence-electron chi connectivity index (χ3n) is 7.72. The number of hydrogen-bond acceptors (Lipinski definition) is 5. The molecule has 0 saturated carbocycles. The van der Waals surface area contributed by atoms with Gasteiger partial charge in [-0.2, -0.15) is 0 Å². The smallest absolute Gasteiger partial charge is 0.408 e. The number of nitrogens with one attached hydrogen (secondary N) is 2. The molecule has 4 amide bonds. The molecular formula is C36H54N4O5. The largest absolute Gasteiger partial charge is 0.444 e. The number of nitrogens with two attached hydrogens (primary N) is 1. The number of unbranched alkanes of at least 4 members (excludes halogenated alkanes) is 5. The summed E-state index contributed by atoms with van der Waals surface area (Å²) in [5.41, 5.74) is 9.68. The van der Waals surface area contributed by atoms with Gasteiger partial charge >= 0.3 is 6.09 Å². The Morgan fingerprint density at radius 1 is 0.889 bits per heavy atom. The zero-order valence-corrected chi connectivity index (χ0v) is 28.5. The van der Waals surface area contributed by atoms with E-state index in [0.717, 1.165) is 54.4 Å². The van der Waals surface area contributed by atoms with E-state index in [2.05, 4.69) is 17.6 Å². The summed E-state index contributed by atoms with van der Waals surface area (Å²) in [4.78, 5) is 55.2. The lowest BCUT2D eigenvalue weighted by atomic mass is 9.95. The molecule has 2 aromatic rings. The van der Waals surface area contributed by atoms with Crippen LogP contribution in [-0.4, -0.2) is 46.9 Å². The number of amides is 4. The van der Waals surface area contributed by atoms with E-state index >= 15 is 0 Å². The van der Waals surface area contributed by atoms with Crippen LogP contribution in [0.15, 0.2) is 36.4 Å². The molecule has 9 nitrogen and oxygen atoms in total. The summed E-state index contributed by atoms with van der Waals surface area (Å²) in [7, 11) is 0. The number of aryl methyl sites for hydroxylation is 4. The Balaban J connectivity index is 2.63. The van der Waals surface area contributed by atoms with Crippen molar-refractivity contribution in [2.75, 3.05) is 11.9 Å². The Bertz CT molecular complexity index is 1300. The second kappa shape index (κ2) is 17.6. The summed E-state index contributed by atoms with van der Waals surface area (Å²) in [6.45, 7) is 15.4. The molecule has 4 N–H and O–H groups in total. The van der Waals surface area contributed by atoms with Crippen LogP contribution in [0, 0.1) is 27.7 Å². The van der Waals surface area contributed by atoms with E-state index in [9.17, 15) is 19.2 Å². The number of anilines is 1. The first-order valence-electron chi connectivity index (χ1n) is 16.2. The molecule has 2 atom stereocenters. The molecule has 0 radical (unpaired) electrons. The van der Waals surface area contributed by atoms with Gasteiger partial charge in [0.2, 0.25) is 11.8 Å². The Kier molecular flexibility index (Phi) is 14.6. The van der Waals surface area contributed by atoms with Crippen molar-refractivity contribution in [2.24, 2.45) is 5.73 Å². The number of nitrogens with zero attached hydrogens (tertiary/aromatic N) is 1. The van der Waals surface area contributed by atoms with Gasteiger partial charge in [-0.25, -0.2) is 4.79 Å². The normalized spacial score (nSPS) is 12.6. The molecule has 9 heteroatoms. The molecule has 0 fully saturated rings. The Morgan fingerprint density at radius 2 is 1.51 bits per heavy atom. The van der Waals surface area contributed by atoms with Crippen LogP contribution in [0.4, 0.5) is 10.5 Å². The fourth-order valence-corrected chi connectivity index (χ4v) is 5.33. The molecule has 0 aromatic heterocycles. The maximum Gasteiger partial charge on any atom is 0.408 e. The van der Waals surface area contributed by atoms with E-state index in [1.165, 1.54) is 0 Å². The van der Waals surface area contributed by atoms with E-state index in [4.69, 9.17) is 10.5 Å². The van der Waals surface area contributed by atoms with E-state index in [1.54, 1.807) is 25.7 Å². The van der Waals surface area contributed by atoms with Gasteiger partial charge in [0.05, 0.1) is 0 Å². The van der Waals surface area contributed by atoms with Crippen LogP contribution >= 0.6 is 0 Å². The van der Waals surface area contributed by atoms with Crippen molar-refractivity contribution in [1.82, 2.24) is 10.2 Å². The van der Waals surface area contributed by atoms with Crippen molar-refractivity contribution >= 4 is 29.5 Å². The van der Waals surface area contributed by atoms with Crippen LogP contribution in [0.5, 0.6) is 0 Å². The van der Waals surface area contributed by atoms with Gasteiger partial charge in [-0.05, 0) is 83.6 Å². The molecule has 0 spiro atoms. The van der Waals surface area contributed by atoms with E-state index in [1.807, 2.05) is 64.1 Å². The summed E-state index contributed by atoms with van der Waals surface area (Å²) in [5.74, 6) is -1.43. The van der Waals surface area contributed by atoms with Gasteiger partial charge in [0.25, 0.3) is 5.91 Å². The second-order valence-electron chi connectivity index (χ2n) is 13.0. The van der Waals surface area contributed by atoms with Crippen LogP contribution in [0.3, 0.4) is 0 Å².